The molecule has 15 heteroatoms. The molecular weight excluding hydrogens is 572 g/mol. The van der Waals surface area contributed by atoms with Crippen LogP contribution >= 0.6 is 0 Å². The monoisotopic (exact) mass is 624 g/mol. The molecule has 0 aromatic carbocycles. The number of aliphatic carboxylic acids is 1. The standard InChI is InChI=1S/C29H52N8O7/c1-17(2)16-23(29(43)44)37-24(38)18(3)33-26(40)20-11-5-4-10-19(32)25(39)34-21(12-6-8-14-30)27(41)36-22(28(42)35-20)13-7-9-15-31/h4-5,17-23H,6-16,30-32H2,1-3H3,(H,33,40)(H,34,39)(H,35,42)(H,36,41)(H,37,38)(H,43,44)/b5-4+/t18-,19-,20-,21-,22-,23-/m0/s1. The largest absolute Gasteiger partial charge is 0.480 e. The summed E-state index contributed by atoms with van der Waals surface area (Å²) in [5, 5.41) is 22.5. The van der Waals surface area contributed by atoms with Crippen molar-refractivity contribution in [2.45, 2.75) is 115 Å². The minimum absolute atomic E-state index is 0.00344. The quantitative estimate of drug-likeness (QED) is 0.0752. The van der Waals surface area contributed by atoms with Gasteiger partial charge >= 0.3 is 5.97 Å². The van der Waals surface area contributed by atoms with E-state index in [0.29, 0.717) is 45.2 Å². The smallest absolute Gasteiger partial charge is 0.326 e. The van der Waals surface area contributed by atoms with Gasteiger partial charge < -0.3 is 48.9 Å². The number of carbonyl (C=O) groups is 6. The summed E-state index contributed by atoms with van der Waals surface area (Å²) >= 11 is 0. The molecule has 1 rings (SSSR count). The van der Waals surface area contributed by atoms with Crippen LogP contribution in [0.1, 0.15) is 78.6 Å². The lowest BCUT2D eigenvalue weighted by atomic mass is 10.0. The number of hydrogen-bond donors (Lipinski definition) is 9. The highest BCUT2D eigenvalue weighted by Gasteiger charge is 2.31. The van der Waals surface area contributed by atoms with Crippen LogP contribution in [0.5, 0.6) is 0 Å². The highest BCUT2D eigenvalue weighted by Crippen LogP contribution is 2.09. The summed E-state index contributed by atoms with van der Waals surface area (Å²) in [6.07, 6.45) is 6.33. The molecule has 0 unspecified atom stereocenters. The van der Waals surface area contributed by atoms with Crippen LogP contribution in [0.4, 0.5) is 0 Å². The Morgan fingerprint density at radius 1 is 0.841 bits per heavy atom. The lowest BCUT2D eigenvalue weighted by molar-refractivity contribution is -0.142. The van der Waals surface area contributed by atoms with Gasteiger partial charge in [-0.25, -0.2) is 4.79 Å². The lowest BCUT2D eigenvalue weighted by Crippen LogP contribution is -2.59. The zero-order valence-corrected chi connectivity index (χ0v) is 26.1. The van der Waals surface area contributed by atoms with E-state index >= 15 is 0 Å². The first-order valence-electron chi connectivity index (χ1n) is 15.4. The minimum atomic E-state index is -1.19. The van der Waals surface area contributed by atoms with Crippen molar-refractivity contribution in [2.75, 3.05) is 13.1 Å². The van der Waals surface area contributed by atoms with Gasteiger partial charge in [0, 0.05) is 0 Å². The van der Waals surface area contributed by atoms with Gasteiger partial charge in [-0.15, -0.1) is 0 Å². The zero-order chi connectivity index (χ0) is 33.2. The first-order chi connectivity index (χ1) is 20.8. The van der Waals surface area contributed by atoms with Gasteiger partial charge in [-0.2, -0.15) is 0 Å². The molecule has 0 spiro atoms. The van der Waals surface area contributed by atoms with Crippen molar-refractivity contribution < 1.29 is 33.9 Å². The highest BCUT2D eigenvalue weighted by atomic mass is 16.4. The number of rotatable bonds is 15. The topological polar surface area (TPSA) is 261 Å². The van der Waals surface area contributed by atoms with Crippen molar-refractivity contribution in [1.82, 2.24) is 26.6 Å². The van der Waals surface area contributed by atoms with Crippen molar-refractivity contribution in [3.63, 3.8) is 0 Å². The summed E-state index contributed by atoms with van der Waals surface area (Å²) in [7, 11) is 0. The first kappa shape index (κ1) is 38.5. The van der Waals surface area contributed by atoms with Crippen molar-refractivity contribution in [3.05, 3.63) is 12.2 Å². The number of carboxylic acid groups (broad SMARTS) is 1. The second-order valence-corrected chi connectivity index (χ2v) is 11.6. The Hall–Kier alpha value is -3.56. The third-order valence-electron chi connectivity index (χ3n) is 7.13. The number of amides is 5. The second kappa shape index (κ2) is 20.4. The first-order valence-corrected chi connectivity index (χ1v) is 15.4. The van der Waals surface area contributed by atoms with E-state index in [1.807, 2.05) is 13.8 Å². The Bertz CT molecular complexity index is 1010. The minimum Gasteiger partial charge on any atom is -0.480 e. The molecule has 44 heavy (non-hydrogen) atoms. The molecule has 5 amide bonds. The average molecular weight is 625 g/mol. The number of nitrogens with two attached hydrogens (primary N) is 3. The van der Waals surface area contributed by atoms with Crippen molar-refractivity contribution in [2.24, 2.45) is 23.1 Å². The van der Waals surface area contributed by atoms with Crippen molar-refractivity contribution in [1.29, 1.82) is 0 Å². The van der Waals surface area contributed by atoms with Gasteiger partial charge in [0.25, 0.3) is 0 Å². The second-order valence-electron chi connectivity index (χ2n) is 11.6. The molecule has 250 valence electrons. The maximum absolute atomic E-state index is 13.4. The number of unbranched alkanes of at least 4 members (excludes halogenated alkanes) is 2. The van der Waals surface area contributed by atoms with Gasteiger partial charge in [-0.05, 0) is 83.7 Å². The van der Waals surface area contributed by atoms with Gasteiger partial charge in [0.2, 0.25) is 29.5 Å². The molecule has 0 bridgehead atoms. The molecule has 0 saturated heterocycles. The van der Waals surface area contributed by atoms with E-state index < -0.39 is 71.8 Å². The Kier molecular flexibility index (Phi) is 17.8. The SMILES string of the molecule is CC(C)C[C@H](NC(=O)[C@H](C)NC(=O)[C@@H]1C/C=C/C[C@H](N)C(=O)N[C@@H](CCCCN)C(=O)N[C@@H](CCCCN)C(=O)N1)C(=O)O. The third-order valence-corrected chi connectivity index (χ3v) is 7.13. The third kappa shape index (κ3) is 14.3. The van der Waals surface area contributed by atoms with E-state index in [-0.39, 0.29) is 31.6 Å². The van der Waals surface area contributed by atoms with Crippen LogP contribution in [0.3, 0.4) is 0 Å². The van der Waals surface area contributed by atoms with Crippen LogP contribution in [-0.2, 0) is 28.8 Å². The Balaban J connectivity index is 3.20. The van der Waals surface area contributed by atoms with Gasteiger partial charge in [0.1, 0.15) is 30.2 Å². The van der Waals surface area contributed by atoms with Crippen LogP contribution < -0.4 is 43.8 Å². The van der Waals surface area contributed by atoms with E-state index in [0.717, 1.165) is 0 Å². The van der Waals surface area contributed by atoms with E-state index in [4.69, 9.17) is 17.2 Å². The number of carboxylic acids is 1. The number of carbonyl (C=O) groups excluding carboxylic acids is 5. The van der Waals surface area contributed by atoms with Crippen LogP contribution in [0, 0.1) is 5.92 Å². The molecule has 1 aliphatic heterocycles. The Morgan fingerprint density at radius 3 is 1.89 bits per heavy atom. The molecule has 1 heterocycles. The van der Waals surface area contributed by atoms with Crippen molar-refractivity contribution >= 4 is 35.5 Å². The van der Waals surface area contributed by atoms with Crippen LogP contribution in [0.15, 0.2) is 12.2 Å². The molecule has 1 aliphatic rings. The fourth-order valence-corrected chi connectivity index (χ4v) is 4.53. The fourth-order valence-electron chi connectivity index (χ4n) is 4.53. The number of nitrogens with one attached hydrogen (secondary N) is 5. The summed E-state index contributed by atoms with van der Waals surface area (Å²) < 4.78 is 0. The maximum atomic E-state index is 13.4. The Morgan fingerprint density at radius 2 is 1.36 bits per heavy atom. The normalized spacial score (nSPS) is 23.8. The molecule has 0 radical (unpaired) electrons. The molecule has 6 atom stereocenters. The lowest BCUT2D eigenvalue weighted by Gasteiger charge is -2.27. The predicted molar refractivity (Wildman–Crippen MR) is 165 cm³/mol. The average Bonchev–Trinajstić information content (AvgIpc) is 2.96. The molecule has 0 fully saturated rings. The maximum Gasteiger partial charge on any atom is 0.326 e. The van der Waals surface area contributed by atoms with Crippen LogP contribution in [0.2, 0.25) is 0 Å². The van der Waals surface area contributed by atoms with E-state index in [9.17, 15) is 33.9 Å². The van der Waals surface area contributed by atoms with E-state index in [1.54, 1.807) is 12.2 Å². The van der Waals surface area contributed by atoms with Crippen molar-refractivity contribution in [3.8, 4) is 0 Å². The summed E-state index contributed by atoms with van der Waals surface area (Å²) in [6, 6.07) is -6.33. The molecule has 0 aliphatic carbocycles. The molecule has 0 aromatic rings. The zero-order valence-electron chi connectivity index (χ0n) is 26.1. The van der Waals surface area contributed by atoms with Gasteiger partial charge in [-0.1, -0.05) is 26.0 Å². The predicted octanol–water partition coefficient (Wildman–Crippen LogP) is -1.50. The summed E-state index contributed by atoms with van der Waals surface area (Å²) in [5.41, 5.74) is 17.2. The van der Waals surface area contributed by atoms with Crippen LogP contribution in [-0.4, -0.2) is 90.0 Å². The molecule has 0 aromatic heterocycles. The Labute approximate surface area is 259 Å². The van der Waals surface area contributed by atoms with E-state index in [2.05, 4.69) is 26.6 Å². The molecule has 15 nitrogen and oxygen atoms in total. The van der Waals surface area contributed by atoms with Crippen LogP contribution in [0.25, 0.3) is 0 Å². The molecular formula is C29H52N8O7. The highest BCUT2D eigenvalue weighted by molar-refractivity contribution is 5.96. The summed E-state index contributed by atoms with van der Waals surface area (Å²) in [4.78, 5) is 77.0. The van der Waals surface area contributed by atoms with Gasteiger partial charge in [0.05, 0.1) is 6.04 Å². The fraction of sp³-hybridized carbons (Fsp3) is 0.724. The summed E-state index contributed by atoms with van der Waals surface area (Å²) in [6.45, 7) is 5.85. The summed E-state index contributed by atoms with van der Waals surface area (Å²) in [5.74, 6) is -4.29. The van der Waals surface area contributed by atoms with Gasteiger partial charge in [-0.3, -0.25) is 24.0 Å². The van der Waals surface area contributed by atoms with Gasteiger partial charge in [0.15, 0.2) is 0 Å². The van der Waals surface area contributed by atoms with E-state index in [1.165, 1.54) is 6.92 Å². The number of hydrogen-bond acceptors (Lipinski definition) is 9. The molecule has 0 saturated carbocycles. The molecule has 12 N–H and O–H groups in total.